The van der Waals surface area contributed by atoms with Crippen molar-refractivity contribution in [1.82, 2.24) is 10.3 Å². The highest BCUT2D eigenvalue weighted by molar-refractivity contribution is 5.98. The van der Waals surface area contributed by atoms with Crippen LogP contribution in [-0.2, 0) is 17.8 Å². The zero-order chi connectivity index (χ0) is 20.9. The second-order valence-corrected chi connectivity index (χ2v) is 7.33. The molecule has 0 unspecified atom stereocenters. The van der Waals surface area contributed by atoms with Crippen molar-refractivity contribution in [2.45, 2.75) is 18.9 Å². The molecule has 6 heteroatoms. The van der Waals surface area contributed by atoms with E-state index >= 15 is 0 Å². The predicted octanol–water partition coefficient (Wildman–Crippen LogP) is 3.41. The number of halogens is 1. The van der Waals surface area contributed by atoms with Crippen molar-refractivity contribution in [2.24, 2.45) is 4.99 Å². The van der Waals surface area contributed by atoms with Crippen LogP contribution in [0.25, 0.3) is 11.1 Å². The quantitative estimate of drug-likeness (QED) is 0.635. The molecule has 2 heterocycles. The highest BCUT2D eigenvalue weighted by Gasteiger charge is 2.17. The van der Waals surface area contributed by atoms with Crippen molar-refractivity contribution in [3.63, 3.8) is 0 Å². The Morgan fingerprint density at radius 3 is 2.73 bits per heavy atom. The molecule has 0 bridgehead atoms. The minimum atomic E-state index is -0.531. The van der Waals surface area contributed by atoms with Crippen LogP contribution in [0.5, 0.6) is 0 Å². The number of hydrogen-bond donors (Lipinski definition) is 2. The number of hydrogen-bond acceptors (Lipinski definition) is 4. The molecule has 0 spiro atoms. The average molecular weight is 403 g/mol. The molecule has 1 atom stereocenters. The fourth-order valence-corrected chi connectivity index (χ4v) is 3.69. The lowest BCUT2D eigenvalue weighted by molar-refractivity contribution is -0.123. The molecule has 0 saturated carbocycles. The first kappa shape index (κ1) is 19.9. The van der Waals surface area contributed by atoms with Gasteiger partial charge in [0.05, 0.1) is 6.54 Å². The molecule has 0 fully saturated rings. The van der Waals surface area contributed by atoms with E-state index in [-0.39, 0.29) is 5.92 Å². The van der Waals surface area contributed by atoms with Gasteiger partial charge in [0.15, 0.2) is 0 Å². The predicted molar refractivity (Wildman–Crippen MR) is 114 cm³/mol. The summed E-state index contributed by atoms with van der Waals surface area (Å²) in [7, 11) is 0. The average Bonchev–Trinajstić information content (AvgIpc) is 3.17. The lowest BCUT2D eigenvalue weighted by Gasteiger charge is -2.18. The van der Waals surface area contributed by atoms with Crippen molar-refractivity contribution in [2.75, 3.05) is 13.2 Å². The van der Waals surface area contributed by atoms with Crippen LogP contribution in [0.1, 0.15) is 28.2 Å². The number of rotatable bonds is 7. The molecule has 1 aliphatic rings. The van der Waals surface area contributed by atoms with Gasteiger partial charge in [-0.25, -0.2) is 0 Å². The van der Waals surface area contributed by atoms with E-state index in [4.69, 9.17) is 5.11 Å². The van der Waals surface area contributed by atoms with E-state index in [0.717, 1.165) is 27.8 Å². The number of aliphatic imine (C=N–C) groups is 1. The number of carbonyl (C=O) groups is 1. The Balaban J connectivity index is 1.58. The zero-order valence-corrected chi connectivity index (χ0v) is 16.4. The summed E-state index contributed by atoms with van der Waals surface area (Å²) in [4.78, 5) is 19.8. The summed E-state index contributed by atoms with van der Waals surface area (Å²) < 4.78 is 13.9. The molecule has 3 aromatic rings. The maximum atomic E-state index is 13.9. The topological polar surface area (TPSA) is 74.6 Å². The molecule has 2 N–H and O–H groups in total. The Hall–Kier alpha value is -3.38. The highest BCUT2D eigenvalue weighted by atomic mass is 19.1. The normalized spacial score (nSPS) is 13.5. The maximum Gasteiger partial charge on any atom is 0.245 e. The second kappa shape index (κ2) is 8.97. The van der Waals surface area contributed by atoms with Gasteiger partial charge in [-0.3, -0.25) is 14.8 Å². The number of aliphatic hydroxyl groups excluding tert-OH is 1. The zero-order valence-electron chi connectivity index (χ0n) is 16.4. The molecule has 1 aliphatic heterocycles. The summed E-state index contributed by atoms with van der Waals surface area (Å²) in [6.45, 7) is 0.267. The fraction of sp³-hybridized carbons (Fsp3) is 0.208. The number of aliphatic hydroxyl groups is 1. The molecule has 0 aliphatic carbocycles. The Morgan fingerprint density at radius 2 is 1.93 bits per heavy atom. The Labute approximate surface area is 174 Å². The number of carbonyl (C=O) groups excluding carboxylic acids is 1. The van der Waals surface area contributed by atoms with Gasteiger partial charge in [0.1, 0.15) is 6.61 Å². The molecule has 0 radical (unpaired) electrons. The molecule has 1 aromatic heterocycles. The molecule has 152 valence electrons. The van der Waals surface area contributed by atoms with Gasteiger partial charge in [-0.05, 0) is 40.8 Å². The smallest absolute Gasteiger partial charge is 0.245 e. The molecule has 2 aromatic carbocycles. The number of fused-ring (bicyclic) bond motifs is 1. The van der Waals surface area contributed by atoms with Crippen molar-refractivity contribution >= 4 is 11.9 Å². The Bertz CT molecular complexity index is 1080. The molecule has 1 amide bonds. The van der Waals surface area contributed by atoms with Crippen molar-refractivity contribution < 1.29 is 14.3 Å². The van der Waals surface area contributed by atoms with Crippen LogP contribution in [0.15, 0.2) is 72.0 Å². The standard InChI is InChI=1S/C24H22FN3O2/c25-24-22-10-18(6-7-19(22)13-28-24)20-8-16(11-26-12-20)9-21(14-27-23(30)15-29)17-4-2-1-3-5-17/h1-8,10-12,21,29H,9,13-15H2,(H,27,30)/t21-/m0/s1. The summed E-state index contributed by atoms with van der Waals surface area (Å²) in [5.74, 6) is -0.785. The first-order valence-electron chi connectivity index (χ1n) is 9.84. The molecule has 30 heavy (non-hydrogen) atoms. The lowest BCUT2D eigenvalue weighted by atomic mass is 9.91. The van der Waals surface area contributed by atoms with Crippen LogP contribution in [-0.4, -0.2) is 35.1 Å². The van der Waals surface area contributed by atoms with Crippen LogP contribution in [0.4, 0.5) is 4.39 Å². The van der Waals surface area contributed by atoms with E-state index in [2.05, 4.69) is 15.3 Å². The van der Waals surface area contributed by atoms with Gasteiger partial charge in [0.25, 0.3) is 0 Å². The number of aromatic nitrogens is 1. The highest BCUT2D eigenvalue weighted by Crippen LogP contribution is 2.28. The summed E-state index contributed by atoms with van der Waals surface area (Å²) >= 11 is 0. The summed E-state index contributed by atoms with van der Waals surface area (Å²) in [5, 5.41) is 11.8. The van der Waals surface area contributed by atoms with E-state index < -0.39 is 18.5 Å². The monoisotopic (exact) mass is 403 g/mol. The minimum Gasteiger partial charge on any atom is -0.387 e. The molecular weight excluding hydrogens is 381 g/mol. The van der Waals surface area contributed by atoms with E-state index in [1.165, 1.54) is 0 Å². The largest absolute Gasteiger partial charge is 0.387 e. The van der Waals surface area contributed by atoms with E-state index in [0.29, 0.717) is 25.1 Å². The first-order chi connectivity index (χ1) is 14.6. The van der Waals surface area contributed by atoms with E-state index in [1.54, 1.807) is 6.20 Å². The number of amides is 1. The minimum absolute atomic E-state index is 0.0309. The van der Waals surface area contributed by atoms with E-state index in [1.807, 2.05) is 60.8 Å². The molecule has 5 nitrogen and oxygen atoms in total. The van der Waals surface area contributed by atoms with Crippen LogP contribution in [0.2, 0.25) is 0 Å². The fourth-order valence-electron chi connectivity index (χ4n) is 3.69. The molecule has 0 saturated heterocycles. The Morgan fingerprint density at radius 1 is 1.10 bits per heavy atom. The van der Waals surface area contributed by atoms with E-state index in [9.17, 15) is 9.18 Å². The third kappa shape index (κ3) is 4.44. The lowest BCUT2D eigenvalue weighted by Crippen LogP contribution is -2.31. The second-order valence-electron chi connectivity index (χ2n) is 7.33. The van der Waals surface area contributed by atoms with Gasteiger partial charge in [0, 0.05) is 36.0 Å². The van der Waals surface area contributed by atoms with Crippen molar-refractivity contribution in [3.05, 3.63) is 89.2 Å². The molecular formula is C24H22FN3O2. The summed E-state index contributed by atoms with van der Waals surface area (Å²) in [5.41, 5.74) is 5.34. The first-order valence-corrected chi connectivity index (χ1v) is 9.84. The van der Waals surface area contributed by atoms with Gasteiger partial charge < -0.3 is 10.4 Å². The van der Waals surface area contributed by atoms with Crippen LogP contribution in [0, 0.1) is 0 Å². The molecule has 4 rings (SSSR count). The van der Waals surface area contributed by atoms with Gasteiger partial charge in [0.2, 0.25) is 11.9 Å². The van der Waals surface area contributed by atoms with Crippen LogP contribution >= 0.6 is 0 Å². The van der Waals surface area contributed by atoms with Crippen molar-refractivity contribution in [3.8, 4) is 11.1 Å². The van der Waals surface area contributed by atoms with Gasteiger partial charge in [-0.15, -0.1) is 0 Å². The van der Waals surface area contributed by atoms with Crippen LogP contribution < -0.4 is 5.32 Å². The number of nitrogens with zero attached hydrogens (tertiary/aromatic N) is 2. The van der Waals surface area contributed by atoms with Crippen LogP contribution in [0.3, 0.4) is 0 Å². The number of benzene rings is 2. The summed E-state index contributed by atoms with van der Waals surface area (Å²) in [6.07, 6.45) is 4.24. The van der Waals surface area contributed by atoms with Gasteiger partial charge in [-0.1, -0.05) is 42.5 Å². The maximum absolute atomic E-state index is 13.9. The number of nitrogens with one attached hydrogen (secondary N) is 1. The van der Waals surface area contributed by atoms with Gasteiger partial charge in [-0.2, -0.15) is 4.39 Å². The summed E-state index contributed by atoms with van der Waals surface area (Å²) in [6, 6.07) is 17.7. The van der Waals surface area contributed by atoms with Crippen molar-refractivity contribution in [1.29, 1.82) is 0 Å². The Kier molecular flexibility index (Phi) is 5.95. The van der Waals surface area contributed by atoms with Gasteiger partial charge >= 0.3 is 0 Å². The number of pyridine rings is 1. The third-order valence-corrected chi connectivity index (χ3v) is 5.29. The SMILES string of the molecule is O=C(CO)NC[C@H](Cc1cncc(-c2ccc3c(c2)C(F)=NC3)c1)c1ccccc1. The third-order valence-electron chi connectivity index (χ3n) is 5.29.